The molecule has 6 heteroatoms. The SMILES string of the molecule is Cc1cc(/C=C(/C#N)c2ccc(C(F)(F)F)cc2)c(C)n1-c1ccccn1. The molecule has 2 aromatic heterocycles. The fourth-order valence-electron chi connectivity index (χ4n) is 2.95. The van der Waals surface area contributed by atoms with Crippen molar-refractivity contribution >= 4 is 11.6 Å². The van der Waals surface area contributed by atoms with Crippen LogP contribution in [0.2, 0.25) is 0 Å². The Morgan fingerprint density at radius 1 is 1.11 bits per heavy atom. The molecule has 3 nitrogen and oxygen atoms in total. The second-order valence-corrected chi connectivity index (χ2v) is 6.09. The molecule has 1 aromatic carbocycles. The monoisotopic (exact) mass is 367 g/mol. The van der Waals surface area contributed by atoms with Crippen molar-refractivity contribution in [1.82, 2.24) is 9.55 Å². The Morgan fingerprint density at radius 3 is 2.37 bits per heavy atom. The highest BCUT2D eigenvalue weighted by molar-refractivity contribution is 5.90. The molecule has 3 rings (SSSR count). The standard InChI is InChI=1S/C21H16F3N3/c1-14-11-17(15(2)27(14)20-5-3-4-10-26-20)12-18(13-25)16-6-8-19(9-7-16)21(22,23)24/h3-12H,1-2H3/b18-12-. The van der Waals surface area contributed by atoms with Crippen LogP contribution in [0.4, 0.5) is 13.2 Å². The second kappa shape index (κ2) is 7.12. The molecule has 0 aliphatic rings. The summed E-state index contributed by atoms with van der Waals surface area (Å²) in [6.07, 6.45) is -1.01. The first-order valence-electron chi connectivity index (χ1n) is 8.21. The highest BCUT2D eigenvalue weighted by Gasteiger charge is 2.30. The highest BCUT2D eigenvalue weighted by atomic mass is 19.4. The molecule has 0 atom stereocenters. The van der Waals surface area contributed by atoms with Crippen LogP contribution in [0, 0.1) is 25.2 Å². The summed E-state index contributed by atoms with van der Waals surface area (Å²) in [7, 11) is 0. The van der Waals surface area contributed by atoms with Crippen molar-refractivity contribution in [1.29, 1.82) is 5.26 Å². The maximum absolute atomic E-state index is 12.7. The van der Waals surface area contributed by atoms with E-state index in [1.807, 2.05) is 42.7 Å². The molecule has 0 spiro atoms. The van der Waals surface area contributed by atoms with Gasteiger partial charge in [-0.3, -0.25) is 0 Å². The van der Waals surface area contributed by atoms with Gasteiger partial charge in [0, 0.05) is 17.6 Å². The number of nitriles is 1. The minimum Gasteiger partial charge on any atom is -0.303 e. The van der Waals surface area contributed by atoms with Gasteiger partial charge < -0.3 is 4.57 Å². The summed E-state index contributed by atoms with van der Waals surface area (Å²) < 4.78 is 40.1. The van der Waals surface area contributed by atoms with E-state index in [-0.39, 0.29) is 0 Å². The normalized spacial score (nSPS) is 12.1. The van der Waals surface area contributed by atoms with Crippen LogP contribution in [0.5, 0.6) is 0 Å². The minimum atomic E-state index is -4.40. The molecule has 0 fully saturated rings. The van der Waals surface area contributed by atoms with E-state index in [4.69, 9.17) is 0 Å². The zero-order valence-corrected chi connectivity index (χ0v) is 14.7. The van der Waals surface area contributed by atoms with Gasteiger partial charge in [0.25, 0.3) is 0 Å². The predicted molar refractivity (Wildman–Crippen MR) is 98.0 cm³/mol. The number of aromatic nitrogens is 2. The van der Waals surface area contributed by atoms with E-state index in [9.17, 15) is 18.4 Å². The van der Waals surface area contributed by atoms with Crippen molar-refractivity contribution in [2.45, 2.75) is 20.0 Å². The number of allylic oxidation sites excluding steroid dienone is 1. The lowest BCUT2D eigenvalue weighted by Crippen LogP contribution is -2.04. The fourth-order valence-corrected chi connectivity index (χ4v) is 2.95. The van der Waals surface area contributed by atoms with Crippen molar-refractivity contribution in [2.75, 3.05) is 0 Å². The number of hydrogen-bond acceptors (Lipinski definition) is 2. The Kier molecular flexibility index (Phi) is 4.87. The fraction of sp³-hybridized carbons (Fsp3) is 0.143. The molecule has 0 bridgehead atoms. The molecule has 0 N–H and O–H groups in total. The van der Waals surface area contributed by atoms with E-state index < -0.39 is 11.7 Å². The van der Waals surface area contributed by atoms with Gasteiger partial charge in [-0.2, -0.15) is 18.4 Å². The number of hydrogen-bond donors (Lipinski definition) is 0. The third-order valence-electron chi connectivity index (χ3n) is 4.29. The Balaban J connectivity index is 2.01. The summed E-state index contributed by atoms with van der Waals surface area (Å²) >= 11 is 0. The lowest BCUT2D eigenvalue weighted by Gasteiger charge is -2.08. The molecule has 0 radical (unpaired) electrons. The Labute approximate surface area is 155 Å². The highest BCUT2D eigenvalue weighted by Crippen LogP contribution is 2.31. The van der Waals surface area contributed by atoms with E-state index in [0.29, 0.717) is 11.1 Å². The second-order valence-electron chi connectivity index (χ2n) is 6.09. The van der Waals surface area contributed by atoms with E-state index in [1.54, 1.807) is 12.3 Å². The molecule has 0 saturated carbocycles. The van der Waals surface area contributed by atoms with E-state index in [2.05, 4.69) is 11.1 Å². The molecular weight excluding hydrogens is 351 g/mol. The predicted octanol–water partition coefficient (Wildman–Crippen LogP) is 5.57. The Bertz CT molecular complexity index is 1020. The quantitative estimate of drug-likeness (QED) is 0.568. The third kappa shape index (κ3) is 3.77. The van der Waals surface area contributed by atoms with Gasteiger partial charge in [0.2, 0.25) is 0 Å². The largest absolute Gasteiger partial charge is 0.416 e. The van der Waals surface area contributed by atoms with Crippen molar-refractivity contribution in [3.63, 3.8) is 0 Å². The number of halogens is 3. The van der Waals surface area contributed by atoms with Crippen LogP contribution in [-0.4, -0.2) is 9.55 Å². The van der Waals surface area contributed by atoms with Gasteiger partial charge in [-0.25, -0.2) is 4.98 Å². The lowest BCUT2D eigenvalue weighted by atomic mass is 10.0. The molecule has 0 saturated heterocycles. The first-order valence-corrected chi connectivity index (χ1v) is 8.21. The zero-order valence-electron chi connectivity index (χ0n) is 14.7. The summed E-state index contributed by atoms with van der Waals surface area (Å²) in [4.78, 5) is 4.34. The van der Waals surface area contributed by atoms with Gasteiger partial charge in [0.05, 0.1) is 17.2 Å². The smallest absolute Gasteiger partial charge is 0.303 e. The molecule has 0 amide bonds. The van der Waals surface area contributed by atoms with Gasteiger partial charge in [-0.05, 0) is 61.4 Å². The molecular formula is C21H16F3N3. The number of aryl methyl sites for hydroxylation is 1. The van der Waals surface area contributed by atoms with Crippen LogP contribution in [0.15, 0.2) is 54.7 Å². The maximum Gasteiger partial charge on any atom is 0.416 e. The van der Waals surface area contributed by atoms with Crippen LogP contribution in [-0.2, 0) is 6.18 Å². The van der Waals surface area contributed by atoms with Gasteiger partial charge in [-0.1, -0.05) is 18.2 Å². The lowest BCUT2D eigenvalue weighted by molar-refractivity contribution is -0.137. The van der Waals surface area contributed by atoms with Gasteiger partial charge in [-0.15, -0.1) is 0 Å². The first-order chi connectivity index (χ1) is 12.8. The maximum atomic E-state index is 12.7. The van der Waals surface area contributed by atoms with Crippen LogP contribution in [0.25, 0.3) is 17.5 Å². The van der Waals surface area contributed by atoms with Crippen LogP contribution < -0.4 is 0 Å². The average Bonchev–Trinajstić information content (AvgIpc) is 2.93. The van der Waals surface area contributed by atoms with Gasteiger partial charge in [0.1, 0.15) is 5.82 Å². The average molecular weight is 367 g/mol. The number of alkyl halides is 3. The number of rotatable bonds is 3. The molecule has 136 valence electrons. The Hall–Kier alpha value is -3.33. The summed E-state index contributed by atoms with van der Waals surface area (Å²) in [6, 6.07) is 14.2. The van der Waals surface area contributed by atoms with Crippen molar-refractivity contribution < 1.29 is 13.2 Å². The summed E-state index contributed by atoms with van der Waals surface area (Å²) in [6.45, 7) is 3.85. The minimum absolute atomic E-state index is 0.296. The summed E-state index contributed by atoms with van der Waals surface area (Å²) in [5.41, 5.74) is 2.65. The Morgan fingerprint density at radius 2 is 1.81 bits per heavy atom. The summed E-state index contributed by atoms with van der Waals surface area (Å²) in [5.74, 6) is 0.764. The number of benzene rings is 1. The first kappa shape index (κ1) is 18.5. The van der Waals surface area contributed by atoms with E-state index in [0.717, 1.165) is 34.9 Å². The van der Waals surface area contributed by atoms with Crippen LogP contribution in [0.1, 0.15) is 28.1 Å². The number of pyridine rings is 1. The zero-order chi connectivity index (χ0) is 19.6. The number of nitrogens with zero attached hydrogens (tertiary/aromatic N) is 3. The van der Waals surface area contributed by atoms with Crippen LogP contribution in [0.3, 0.4) is 0 Å². The summed E-state index contributed by atoms with van der Waals surface area (Å²) in [5, 5.41) is 9.49. The molecule has 0 aliphatic heterocycles. The topological polar surface area (TPSA) is 41.6 Å². The molecule has 0 unspecified atom stereocenters. The van der Waals surface area contributed by atoms with E-state index in [1.165, 1.54) is 12.1 Å². The van der Waals surface area contributed by atoms with Crippen LogP contribution >= 0.6 is 0 Å². The molecule has 2 heterocycles. The molecule has 3 aromatic rings. The van der Waals surface area contributed by atoms with Gasteiger partial charge in [0.15, 0.2) is 0 Å². The third-order valence-corrected chi connectivity index (χ3v) is 4.29. The van der Waals surface area contributed by atoms with Crippen molar-refractivity contribution in [3.05, 3.63) is 82.8 Å². The van der Waals surface area contributed by atoms with E-state index >= 15 is 0 Å². The van der Waals surface area contributed by atoms with Crippen molar-refractivity contribution in [2.24, 2.45) is 0 Å². The van der Waals surface area contributed by atoms with Crippen molar-refractivity contribution in [3.8, 4) is 11.9 Å². The molecule has 0 aliphatic carbocycles. The molecule has 27 heavy (non-hydrogen) atoms. The van der Waals surface area contributed by atoms with Gasteiger partial charge >= 0.3 is 6.18 Å².